The molecule has 6 nitrogen and oxygen atoms in total. The third kappa shape index (κ3) is 6.48. The second-order valence-corrected chi connectivity index (χ2v) is 8.93. The summed E-state index contributed by atoms with van der Waals surface area (Å²) in [4.78, 5) is 14.4. The zero-order chi connectivity index (χ0) is 24.6. The van der Waals surface area contributed by atoms with Crippen LogP contribution in [0.4, 0.5) is 4.39 Å². The van der Waals surface area contributed by atoms with Gasteiger partial charge in [-0.3, -0.25) is 9.36 Å². The Bertz CT molecular complexity index is 1260. The second-order valence-electron chi connectivity index (χ2n) is 7.99. The smallest absolute Gasteiger partial charge is 0.233 e. The number of aromatic nitrogens is 3. The van der Waals surface area contributed by atoms with Crippen molar-refractivity contribution in [2.45, 2.75) is 25.0 Å². The van der Waals surface area contributed by atoms with Crippen LogP contribution in [-0.2, 0) is 17.8 Å². The lowest BCUT2D eigenvalue weighted by Gasteiger charge is -2.17. The van der Waals surface area contributed by atoms with Crippen LogP contribution in [0.15, 0.2) is 84.0 Å². The van der Waals surface area contributed by atoms with E-state index in [1.807, 2.05) is 54.0 Å². The first-order chi connectivity index (χ1) is 17.0. The van der Waals surface area contributed by atoms with Crippen LogP contribution >= 0.6 is 11.8 Å². The third-order valence-corrected chi connectivity index (χ3v) is 6.28. The van der Waals surface area contributed by atoms with Gasteiger partial charge >= 0.3 is 0 Å². The summed E-state index contributed by atoms with van der Waals surface area (Å²) >= 11 is 1.33. The highest BCUT2D eigenvalue weighted by molar-refractivity contribution is 7.99. The van der Waals surface area contributed by atoms with Gasteiger partial charge in [-0.1, -0.05) is 54.2 Å². The quantitative estimate of drug-likeness (QED) is 0.288. The van der Waals surface area contributed by atoms with Gasteiger partial charge in [0, 0.05) is 25.7 Å². The number of nitrogens with zero attached hydrogens (tertiary/aromatic N) is 4. The van der Waals surface area contributed by atoms with Gasteiger partial charge in [-0.2, -0.15) is 0 Å². The molecule has 0 aliphatic rings. The molecule has 0 atom stereocenters. The molecule has 0 aliphatic heterocycles. The predicted octanol–water partition coefficient (Wildman–Crippen LogP) is 5.15. The molecule has 4 rings (SSSR count). The normalized spacial score (nSPS) is 10.8. The average molecular weight is 491 g/mol. The number of halogens is 1. The number of amides is 1. The van der Waals surface area contributed by atoms with Crippen molar-refractivity contribution >= 4 is 17.7 Å². The summed E-state index contributed by atoms with van der Waals surface area (Å²) in [6.45, 7) is 2.88. The van der Waals surface area contributed by atoms with Crippen LogP contribution in [0.3, 0.4) is 0 Å². The number of carbonyl (C=O) groups is 1. The number of hydrogen-bond acceptors (Lipinski definition) is 5. The molecule has 0 bridgehead atoms. The Kier molecular flexibility index (Phi) is 8.15. The largest absolute Gasteiger partial charge is 0.494 e. The molecule has 0 spiro atoms. The van der Waals surface area contributed by atoms with Crippen molar-refractivity contribution in [1.29, 1.82) is 0 Å². The minimum Gasteiger partial charge on any atom is -0.494 e. The molecule has 0 saturated heterocycles. The van der Waals surface area contributed by atoms with Gasteiger partial charge in [-0.25, -0.2) is 4.39 Å². The maximum atomic E-state index is 13.5. The minimum atomic E-state index is -0.313. The summed E-state index contributed by atoms with van der Waals surface area (Å²) in [7, 11) is 1.71. The van der Waals surface area contributed by atoms with Crippen molar-refractivity contribution in [3.05, 3.63) is 102 Å². The summed E-state index contributed by atoms with van der Waals surface area (Å²) in [6, 6.07) is 24.1. The van der Waals surface area contributed by atoms with E-state index in [0.29, 0.717) is 24.7 Å². The highest BCUT2D eigenvalue weighted by atomic mass is 32.2. The minimum absolute atomic E-state index is 0.0786. The van der Waals surface area contributed by atoms with Crippen LogP contribution < -0.4 is 4.74 Å². The molecule has 0 N–H and O–H groups in total. The lowest BCUT2D eigenvalue weighted by molar-refractivity contribution is -0.127. The van der Waals surface area contributed by atoms with E-state index in [-0.39, 0.29) is 17.5 Å². The lowest BCUT2D eigenvalue weighted by Crippen LogP contribution is -2.28. The fourth-order valence-corrected chi connectivity index (χ4v) is 4.55. The van der Waals surface area contributed by atoms with Gasteiger partial charge in [0.05, 0.1) is 12.4 Å². The van der Waals surface area contributed by atoms with E-state index in [4.69, 9.17) is 4.74 Å². The fourth-order valence-electron chi connectivity index (χ4n) is 3.64. The maximum absolute atomic E-state index is 13.5. The molecule has 0 radical (unpaired) electrons. The zero-order valence-electron chi connectivity index (χ0n) is 19.7. The van der Waals surface area contributed by atoms with Crippen molar-refractivity contribution in [3.63, 3.8) is 0 Å². The van der Waals surface area contributed by atoms with Gasteiger partial charge in [0.25, 0.3) is 0 Å². The first kappa shape index (κ1) is 24.5. The van der Waals surface area contributed by atoms with Crippen LogP contribution in [0.25, 0.3) is 5.69 Å². The number of benzene rings is 3. The first-order valence-corrected chi connectivity index (χ1v) is 12.3. The summed E-state index contributed by atoms with van der Waals surface area (Å²) in [5.74, 6) is 1.37. The van der Waals surface area contributed by atoms with Crippen LogP contribution in [0, 0.1) is 5.82 Å². The van der Waals surface area contributed by atoms with Crippen LogP contribution in [0.5, 0.6) is 5.75 Å². The fraction of sp³-hybridized carbons (Fsp3) is 0.222. The second kappa shape index (κ2) is 11.7. The monoisotopic (exact) mass is 490 g/mol. The molecule has 3 aromatic carbocycles. The highest BCUT2D eigenvalue weighted by Gasteiger charge is 2.18. The Morgan fingerprint density at radius 3 is 2.46 bits per heavy atom. The molecule has 1 amide bonds. The molecule has 0 unspecified atom stereocenters. The topological polar surface area (TPSA) is 60.2 Å². The SMILES string of the molecule is CCOc1ccc(-n2c(Cc3ccccc3)nnc2SCC(=O)N(C)Cc2cccc(F)c2)cc1. The van der Waals surface area contributed by atoms with Gasteiger partial charge in [0.1, 0.15) is 17.4 Å². The van der Waals surface area contributed by atoms with E-state index in [1.54, 1.807) is 24.1 Å². The summed E-state index contributed by atoms with van der Waals surface area (Å²) in [6.07, 6.45) is 0.606. The first-order valence-electron chi connectivity index (χ1n) is 11.4. The molecule has 0 aliphatic carbocycles. The van der Waals surface area contributed by atoms with E-state index < -0.39 is 0 Å². The number of hydrogen-bond donors (Lipinski definition) is 0. The van der Waals surface area contributed by atoms with E-state index in [0.717, 1.165) is 28.4 Å². The summed E-state index contributed by atoms with van der Waals surface area (Å²) in [5.41, 5.74) is 2.76. The molecule has 1 aromatic heterocycles. The van der Waals surface area contributed by atoms with Crippen LogP contribution in [0.2, 0.25) is 0 Å². The molecule has 35 heavy (non-hydrogen) atoms. The van der Waals surface area contributed by atoms with Crippen molar-refractivity contribution in [2.24, 2.45) is 0 Å². The van der Waals surface area contributed by atoms with Crippen molar-refractivity contribution in [2.75, 3.05) is 19.4 Å². The molecular weight excluding hydrogens is 463 g/mol. The van der Waals surface area contributed by atoms with Crippen molar-refractivity contribution in [1.82, 2.24) is 19.7 Å². The van der Waals surface area contributed by atoms with Gasteiger partial charge in [-0.05, 0) is 54.4 Å². The predicted molar refractivity (Wildman–Crippen MR) is 135 cm³/mol. The lowest BCUT2D eigenvalue weighted by atomic mass is 10.1. The van der Waals surface area contributed by atoms with Crippen molar-refractivity contribution in [3.8, 4) is 11.4 Å². The molecule has 1 heterocycles. The van der Waals surface area contributed by atoms with Gasteiger partial charge < -0.3 is 9.64 Å². The Labute approximate surface area is 208 Å². The standard InChI is InChI=1S/C27H27FN4O2S/c1-3-34-24-14-12-23(13-15-24)32-25(17-20-8-5-4-6-9-20)29-30-27(32)35-19-26(33)31(2)18-21-10-7-11-22(28)16-21/h4-16H,3,17-19H2,1-2H3. The summed E-state index contributed by atoms with van der Waals surface area (Å²) in [5, 5.41) is 9.47. The maximum Gasteiger partial charge on any atom is 0.233 e. The van der Waals surface area contributed by atoms with Crippen LogP contribution in [0.1, 0.15) is 23.9 Å². The Hall–Kier alpha value is -3.65. The number of thioether (sulfide) groups is 1. The molecule has 180 valence electrons. The van der Waals surface area contributed by atoms with E-state index >= 15 is 0 Å². The third-order valence-electron chi connectivity index (χ3n) is 5.37. The van der Waals surface area contributed by atoms with Gasteiger partial charge in [0.15, 0.2) is 5.16 Å². The van der Waals surface area contributed by atoms with E-state index in [1.165, 1.54) is 23.9 Å². The molecule has 8 heteroatoms. The van der Waals surface area contributed by atoms with Gasteiger partial charge in [0.2, 0.25) is 5.91 Å². The Balaban J connectivity index is 1.52. The molecule has 4 aromatic rings. The van der Waals surface area contributed by atoms with E-state index in [9.17, 15) is 9.18 Å². The zero-order valence-corrected chi connectivity index (χ0v) is 20.5. The Morgan fingerprint density at radius 1 is 1.00 bits per heavy atom. The number of ether oxygens (including phenoxy) is 1. The number of carbonyl (C=O) groups excluding carboxylic acids is 1. The van der Waals surface area contributed by atoms with E-state index in [2.05, 4.69) is 22.3 Å². The molecular formula is C27H27FN4O2S. The molecule has 0 saturated carbocycles. The van der Waals surface area contributed by atoms with Crippen LogP contribution in [-0.4, -0.2) is 45.0 Å². The number of rotatable bonds is 10. The highest BCUT2D eigenvalue weighted by Crippen LogP contribution is 2.25. The van der Waals surface area contributed by atoms with Gasteiger partial charge in [-0.15, -0.1) is 10.2 Å². The Morgan fingerprint density at radius 2 is 1.74 bits per heavy atom. The average Bonchev–Trinajstić information content (AvgIpc) is 3.26. The summed E-state index contributed by atoms with van der Waals surface area (Å²) < 4.78 is 21.0. The molecule has 0 fully saturated rings. The van der Waals surface area contributed by atoms with Crippen molar-refractivity contribution < 1.29 is 13.9 Å².